The first-order chi connectivity index (χ1) is 11.7. The molecule has 1 atom stereocenters. The Labute approximate surface area is 167 Å². The number of halogens is 1. The minimum absolute atomic E-state index is 0. The van der Waals surface area contributed by atoms with E-state index in [4.69, 9.17) is 9.47 Å². The molecule has 1 saturated heterocycles. The van der Waals surface area contributed by atoms with Crippen molar-refractivity contribution in [2.75, 3.05) is 40.5 Å². The van der Waals surface area contributed by atoms with E-state index in [9.17, 15) is 0 Å². The maximum atomic E-state index is 5.67. The molecule has 1 aliphatic heterocycles. The summed E-state index contributed by atoms with van der Waals surface area (Å²) in [4.78, 5) is 10.9. The lowest BCUT2D eigenvalue weighted by Gasteiger charge is -2.24. The Hall–Kier alpha value is -1.09. The van der Waals surface area contributed by atoms with Gasteiger partial charge in [0.1, 0.15) is 0 Å². The SMILES string of the molecule is CN=C(NCc1ccc(OCC2CC2)nc1)N(C)CC1CCOC1.I. The van der Waals surface area contributed by atoms with Gasteiger partial charge in [0.05, 0.1) is 13.2 Å². The van der Waals surface area contributed by atoms with Crippen LogP contribution in [0.5, 0.6) is 5.88 Å². The molecule has 6 nitrogen and oxygen atoms in total. The molecule has 0 amide bonds. The third-order valence-corrected chi connectivity index (χ3v) is 4.54. The zero-order valence-corrected chi connectivity index (χ0v) is 17.4. The number of rotatable bonds is 7. The minimum atomic E-state index is 0. The lowest BCUT2D eigenvalue weighted by atomic mass is 10.1. The summed E-state index contributed by atoms with van der Waals surface area (Å²) in [5.74, 6) is 2.96. The average Bonchev–Trinajstić information content (AvgIpc) is 3.30. The number of aliphatic imine (C=N–C) groups is 1. The van der Waals surface area contributed by atoms with E-state index in [0.717, 1.165) is 50.2 Å². The lowest BCUT2D eigenvalue weighted by Crippen LogP contribution is -2.41. The van der Waals surface area contributed by atoms with Gasteiger partial charge in [0.15, 0.2) is 5.96 Å². The first-order valence-corrected chi connectivity index (χ1v) is 8.82. The van der Waals surface area contributed by atoms with E-state index in [1.54, 1.807) is 0 Å². The number of hydrogen-bond donors (Lipinski definition) is 1. The normalized spacial score (nSPS) is 20.1. The quantitative estimate of drug-likeness (QED) is 0.385. The van der Waals surface area contributed by atoms with Crippen molar-refractivity contribution in [3.05, 3.63) is 23.9 Å². The Morgan fingerprint density at radius 3 is 2.80 bits per heavy atom. The molecule has 0 spiro atoms. The van der Waals surface area contributed by atoms with Crippen LogP contribution in [-0.4, -0.2) is 56.3 Å². The maximum absolute atomic E-state index is 5.67. The summed E-state index contributed by atoms with van der Waals surface area (Å²) in [6.07, 6.45) is 5.59. The van der Waals surface area contributed by atoms with Crippen LogP contribution in [0.3, 0.4) is 0 Å². The first-order valence-electron chi connectivity index (χ1n) is 8.82. The standard InChI is InChI=1S/C18H28N4O2.HI/c1-19-18(22(2)11-16-7-8-23-12-16)21-10-15-5-6-17(20-9-15)24-13-14-3-4-14;/h5-6,9,14,16H,3-4,7-8,10-13H2,1-2H3,(H,19,21);1H. The van der Waals surface area contributed by atoms with Crippen LogP contribution in [-0.2, 0) is 11.3 Å². The molecule has 140 valence electrons. The van der Waals surface area contributed by atoms with Gasteiger partial charge >= 0.3 is 0 Å². The number of nitrogens with one attached hydrogen (secondary N) is 1. The summed E-state index contributed by atoms with van der Waals surface area (Å²) in [6.45, 7) is 4.20. The van der Waals surface area contributed by atoms with Crippen molar-refractivity contribution < 1.29 is 9.47 Å². The smallest absolute Gasteiger partial charge is 0.213 e. The summed E-state index contributed by atoms with van der Waals surface area (Å²) in [6, 6.07) is 4.00. The summed E-state index contributed by atoms with van der Waals surface area (Å²) < 4.78 is 11.1. The van der Waals surface area contributed by atoms with Crippen molar-refractivity contribution in [1.29, 1.82) is 0 Å². The molecular weight excluding hydrogens is 431 g/mol. The highest BCUT2D eigenvalue weighted by Gasteiger charge is 2.22. The zero-order chi connectivity index (χ0) is 16.8. The van der Waals surface area contributed by atoms with E-state index in [1.807, 2.05) is 19.3 Å². The number of pyridine rings is 1. The van der Waals surface area contributed by atoms with Gasteiger partial charge in [-0.05, 0) is 30.7 Å². The molecule has 1 aromatic heterocycles. The van der Waals surface area contributed by atoms with Gasteiger partial charge in [-0.15, -0.1) is 24.0 Å². The van der Waals surface area contributed by atoms with E-state index < -0.39 is 0 Å². The van der Waals surface area contributed by atoms with Crippen LogP contribution in [0.1, 0.15) is 24.8 Å². The summed E-state index contributed by atoms with van der Waals surface area (Å²) in [5, 5.41) is 3.39. The molecule has 1 unspecified atom stereocenters. The molecule has 1 aromatic rings. The van der Waals surface area contributed by atoms with Crippen LogP contribution in [0, 0.1) is 11.8 Å². The Bertz CT molecular complexity index is 543. The molecular formula is C18H29IN4O2. The van der Waals surface area contributed by atoms with Gasteiger partial charge in [0, 0.05) is 52.0 Å². The second-order valence-electron chi connectivity index (χ2n) is 6.77. The highest BCUT2D eigenvalue weighted by Crippen LogP contribution is 2.29. The highest BCUT2D eigenvalue weighted by atomic mass is 127. The molecule has 2 aliphatic rings. The second kappa shape index (κ2) is 10.2. The predicted octanol–water partition coefficient (Wildman–Crippen LogP) is 2.53. The average molecular weight is 460 g/mol. The van der Waals surface area contributed by atoms with Crippen LogP contribution < -0.4 is 10.1 Å². The molecule has 0 aromatic carbocycles. The molecule has 1 saturated carbocycles. The van der Waals surface area contributed by atoms with Gasteiger partial charge in [-0.3, -0.25) is 4.99 Å². The zero-order valence-electron chi connectivity index (χ0n) is 15.1. The van der Waals surface area contributed by atoms with Crippen LogP contribution in [0.25, 0.3) is 0 Å². The van der Waals surface area contributed by atoms with Gasteiger partial charge < -0.3 is 19.7 Å². The minimum Gasteiger partial charge on any atom is -0.477 e. The van der Waals surface area contributed by atoms with Crippen LogP contribution in [0.15, 0.2) is 23.3 Å². The predicted molar refractivity (Wildman–Crippen MR) is 110 cm³/mol. The third-order valence-electron chi connectivity index (χ3n) is 4.54. The van der Waals surface area contributed by atoms with Gasteiger partial charge in [0.2, 0.25) is 5.88 Å². The number of guanidine groups is 1. The van der Waals surface area contributed by atoms with Crippen molar-refractivity contribution >= 4 is 29.9 Å². The number of aromatic nitrogens is 1. The molecule has 1 N–H and O–H groups in total. The van der Waals surface area contributed by atoms with Crippen LogP contribution in [0.4, 0.5) is 0 Å². The molecule has 0 bridgehead atoms. The summed E-state index contributed by atoms with van der Waals surface area (Å²) in [5.41, 5.74) is 1.12. The largest absolute Gasteiger partial charge is 0.477 e. The van der Waals surface area contributed by atoms with Crippen LogP contribution >= 0.6 is 24.0 Å². The maximum Gasteiger partial charge on any atom is 0.213 e. The monoisotopic (exact) mass is 460 g/mol. The molecule has 0 radical (unpaired) electrons. The van der Waals surface area contributed by atoms with E-state index in [0.29, 0.717) is 18.3 Å². The highest BCUT2D eigenvalue weighted by molar-refractivity contribution is 14.0. The fraction of sp³-hybridized carbons (Fsp3) is 0.667. The summed E-state index contributed by atoms with van der Waals surface area (Å²) in [7, 11) is 3.89. The van der Waals surface area contributed by atoms with Crippen molar-refractivity contribution in [1.82, 2.24) is 15.2 Å². The van der Waals surface area contributed by atoms with E-state index in [-0.39, 0.29) is 24.0 Å². The molecule has 7 heteroatoms. The Morgan fingerprint density at radius 2 is 2.20 bits per heavy atom. The van der Waals surface area contributed by atoms with E-state index in [1.165, 1.54) is 12.8 Å². The van der Waals surface area contributed by atoms with Gasteiger partial charge in [-0.25, -0.2) is 4.98 Å². The fourth-order valence-electron chi connectivity index (χ4n) is 2.86. The van der Waals surface area contributed by atoms with Crippen LogP contribution in [0.2, 0.25) is 0 Å². The van der Waals surface area contributed by atoms with E-state index in [2.05, 4.69) is 33.3 Å². The Kier molecular flexibility index (Phi) is 8.21. The number of nitrogens with zero attached hydrogens (tertiary/aromatic N) is 3. The third kappa shape index (κ3) is 6.62. The van der Waals surface area contributed by atoms with Gasteiger partial charge in [-0.2, -0.15) is 0 Å². The second-order valence-corrected chi connectivity index (χ2v) is 6.77. The lowest BCUT2D eigenvalue weighted by molar-refractivity contribution is 0.181. The van der Waals surface area contributed by atoms with Gasteiger partial charge in [0.25, 0.3) is 0 Å². The molecule has 25 heavy (non-hydrogen) atoms. The van der Waals surface area contributed by atoms with Crippen molar-refractivity contribution in [2.45, 2.75) is 25.8 Å². The van der Waals surface area contributed by atoms with Crippen molar-refractivity contribution in [2.24, 2.45) is 16.8 Å². The van der Waals surface area contributed by atoms with Gasteiger partial charge in [-0.1, -0.05) is 6.07 Å². The molecule has 3 rings (SSSR count). The number of ether oxygens (including phenoxy) is 2. The van der Waals surface area contributed by atoms with Crippen molar-refractivity contribution in [3.8, 4) is 5.88 Å². The molecule has 2 fully saturated rings. The molecule has 1 aliphatic carbocycles. The van der Waals surface area contributed by atoms with E-state index >= 15 is 0 Å². The topological polar surface area (TPSA) is 59.0 Å². The Balaban J connectivity index is 0.00000225. The Morgan fingerprint density at radius 1 is 1.36 bits per heavy atom. The number of hydrogen-bond acceptors (Lipinski definition) is 4. The van der Waals surface area contributed by atoms with Crippen molar-refractivity contribution in [3.63, 3.8) is 0 Å². The first kappa shape index (κ1) is 20.2. The summed E-state index contributed by atoms with van der Waals surface area (Å²) >= 11 is 0. The fourth-order valence-corrected chi connectivity index (χ4v) is 2.86. The molecule has 2 heterocycles.